The second-order valence-electron chi connectivity index (χ2n) is 3.37. The van der Waals surface area contributed by atoms with Crippen LogP contribution in [-0.2, 0) is 14.3 Å². The summed E-state index contributed by atoms with van der Waals surface area (Å²) >= 11 is 5.82. The van der Waals surface area contributed by atoms with Crippen molar-refractivity contribution in [2.45, 2.75) is 0 Å². The number of nitrogens with zero attached hydrogens (tertiary/aromatic N) is 1. The largest absolute Gasteiger partial charge is 0.381 e. The molecule has 0 aliphatic heterocycles. The number of anilines is 1. The van der Waals surface area contributed by atoms with Crippen molar-refractivity contribution in [2.24, 2.45) is 0 Å². The van der Waals surface area contributed by atoms with Gasteiger partial charge in [-0.1, -0.05) is 11.6 Å². The molecule has 100 valence electrons. The molecule has 0 atom stereocenters. The van der Waals surface area contributed by atoms with Crippen molar-refractivity contribution in [3.8, 4) is 0 Å². The first-order valence-corrected chi connectivity index (χ1v) is 7.01. The van der Waals surface area contributed by atoms with Crippen molar-refractivity contribution in [3.05, 3.63) is 33.3 Å². The average Bonchev–Trinajstić information content (AvgIpc) is 2.24. The quantitative estimate of drug-likeness (QED) is 0.370. The zero-order valence-electron chi connectivity index (χ0n) is 9.42. The molecule has 0 aliphatic rings. The summed E-state index contributed by atoms with van der Waals surface area (Å²) in [6, 6.07) is 3.95. The molecule has 0 amide bonds. The third-order valence-electron chi connectivity index (χ3n) is 1.88. The molecule has 1 aromatic carbocycles. The van der Waals surface area contributed by atoms with Gasteiger partial charge in [0, 0.05) is 18.7 Å². The van der Waals surface area contributed by atoms with E-state index in [0.29, 0.717) is 5.69 Å². The van der Waals surface area contributed by atoms with E-state index in [0.717, 1.165) is 6.26 Å². The first kappa shape index (κ1) is 14.7. The lowest BCUT2D eigenvalue weighted by atomic mass is 10.3. The fourth-order valence-corrected chi connectivity index (χ4v) is 1.77. The molecule has 0 aromatic heterocycles. The number of rotatable bonds is 6. The van der Waals surface area contributed by atoms with Crippen LogP contribution in [0.4, 0.5) is 11.4 Å². The van der Waals surface area contributed by atoms with Gasteiger partial charge < -0.3 is 5.32 Å². The highest BCUT2D eigenvalue weighted by atomic mass is 35.5. The first-order valence-electron chi connectivity index (χ1n) is 4.82. The number of halogens is 1. The molecular formula is C9H11ClN2O5S. The Kier molecular flexibility index (Phi) is 4.88. The Hall–Kier alpha value is -1.38. The topological polar surface area (TPSA) is 98.5 Å². The van der Waals surface area contributed by atoms with Crippen LogP contribution >= 0.6 is 11.6 Å². The third-order valence-corrected chi connectivity index (χ3v) is 2.79. The Morgan fingerprint density at radius 1 is 1.50 bits per heavy atom. The van der Waals surface area contributed by atoms with Crippen molar-refractivity contribution in [1.29, 1.82) is 0 Å². The highest BCUT2D eigenvalue weighted by Gasteiger charge is 2.09. The van der Waals surface area contributed by atoms with Crippen LogP contribution in [0.2, 0.25) is 5.02 Å². The Balaban J connectivity index is 2.56. The summed E-state index contributed by atoms with van der Waals surface area (Å²) in [6.07, 6.45) is 0.950. The minimum Gasteiger partial charge on any atom is -0.381 e. The van der Waals surface area contributed by atoms with Gasteiger partial charge >= 0.3 is 0 Å². The SMILES string of the molecule is CS(=O)(=O)OCCNc1ccc([N+](=O)[O-])cc1Cl. The van der Waals surface area contributed by atoms with E-state index in [1.807, 2.05) is 0 Å². The number of benzene rings is 1. The summed E-state index contributed by atoms with van der Waals surface area (Å²) in [5.74, 6) is 0. The van der Waals surface area contributed by atoms with E-state index in [1.54, 1.807) is 0 Å². The number of non-ortho nitro benzene ring substituents is 1. The Morgan fingerprint density at radius 3 is 2.67 bits per heavy atom. The maximum atomic E-state index is 10.7. The van der Waals surface area contributed by atoms with E-state index in [9.17, 15) is 18.5 Å². The van der Waals surface area contributed by atoms with Gasteiger partial charge in [0.2, 0.25) is 0 Å². The van der Waals surface area contributed by atoms with Gasteiger partial charge in [0.1, 0.15) is 0 Å². The maximum absolute atomic E-state index is 10.7. The van der Waals surface area contributed by atoms with Crippen LogP contribution in [0.5, 0.6) is 0 Å². The van der Waals surface area contributed by atoms with Gasteiger partial charge in [-0.2, -0.15) is 8.42 Å². The van der Waals surface area contributed by atoms with Crippen molar-refractivity contribution in [3.63, 3.8) is 0 Å². The number of nitro groups is 1. The molecule has 0 heterocycles. The molecular weight excluding hydrogens is 284 g/mol. The molecule has 18 heavy (non-hydrogen) atoms. The molecule has 1 aromatic rings. The molecule has 0 spiro atoms. The summed E-state index contributed by atoms with van der Waals surface area (Å²) in [5.41, 5.74) is 0.359. The van der Waals surface area contributed by atoms with Gasteiger partial charge in [-0.3, -0.25) is 14.3 Å². The molecule has 0 unspecified atom stereocenters. The molecule has 0 radical (unpaired) electrons. The molecule has 0 fully saturated rings. The lowest BCUT2D eigenvalue weighted by molar-refractivity contribution is -0.384. The van der Waals surface area contributed by atoms with Crippen molar-refractivity contribution in [2.75, 3.05) is 24.7 Å². The predicted octanol–water partition coefficient (Wildman–Crippen LogP) is 1.64. The van der Waals surface area contributed by atoms with Gasteiger partial charge in [0.25, 0.3) is 15.8 Å². The van der Waals surface area contributed by atoms with E-state index in [4.69, 9.17) is 11.6 Å². The van der Waals surface area contributed by atoms with Gasteiger partial charge in [-0.05, 0) is 6.07 Å². The Labute approximate surface area is 109 Å². The van der Waals surface area contributed by atoms with Crippen molar-refractivity contribution >= 4 is 33.1 Å². The smallest absolute Gasteiger partial charge is 0.271 e. The van der Waals surface area contributed by atoms with E-state index in [2.05, 4.69) is 9.50 Å². The molecule has 7 nitrogen and oxygen atoms in total. The second-order valence-corrected chi connectivity index (χ2v) is 5.43. The summed E-state index contributed by atoms with van der Waals surface area (Å²) < 4.78 is 25.9. The molecule has 0 aliphatic carbocycles. The fourth-order valence-electron chi connectivity index (χ4n) is 1.14. The highest BCUT2D eigenvalue weighted by Crippen LogP contribution is 2.26. The summed E-state index contributed by atoms with van der Waals surface area (Å²) in [5, 5.41) is 13.5. The standard InChI is InChI=1S/C9H11ClN2O5S/c1-18(15,16)17-5-4-11-9-3-2-7(12(13)14)6-8(9)10/h2-3,6,11H,4-5H2,1H3. The molecule has 0 bridgehead atoms. The normalized spacial score (nSPS) is 11.2. The molecule has 9 heteroatoms. The predicted molar refractivity (Wildman–Crippen MR) is 67.4 cm³/mol. The third kappa shape index (κ3) is 4.86. The summed E-state index contributed by atoms with van der Waals surface area (Å²) in [6.45, 7) is 0.163. The average molecular weight is 295 g/mol. The van der Waals surface area contributed by atoms with Crippen LogP contribution < -0.4 is 5.32 Å². The van der Waals surface area contributed by atoms with Gasteiger partial charge in [-0.15, -0.1) is 0 Å². The second kappa shape index (κ2) is 5.98. The van der Waals surface area contributed by atoms with Gasteiger partial charge in [0.05, 0.1) is 28.5 Å². The van der Waals surface area contributed by atoms with Crippen LogP contribution in [0.25, 0.3) is 0 Å². The van der Waals surface area contributed by atoms with Crippen LogP contribution in [0, 0.1) is 10.1 Å². The van der Waals surface area contributed by atoms with E-state index >= 15 is 0 Å². The zero-order chi connectivity index (χ0) is 13.8. The summed E-state index contributed by atoms with van der Waals surface area (Å²) in [4.78, 5) is 9.92. The van der Waals surface area contributed by atoms with Crippen molar-refractivity contribution < 1.29 is 17.5 Å². The Bertz CT molecular complexity index is 546. The molecule has 1 rings (SSSR count). The maximum Gasteiger partial charge on any atom is 0.271 e. The Morgan fingerprint density at radius 2 is 2.17 bits per heavy atom. The van der Waals surface area contributed by atoms with Crippen LogP contribution in [0.3, 0.4) is 0 Å². The lowest BCUT2D eigenvalue weighted by Crippen LogP contribution is -2.13. The minimum absolute atomic E-state index is 0.0495. The van der Waals surface area contributed by atoms with Crippen LogP contribution in [0.15, 0.2) is 18.2 Å². The molecule has 0 saturated heterocycles. The first-order chi connectivity index (χ1) is 8.29. The summed E-state index contributed by atoms with van der Waals surface area (Å²) in [7, 11) is -3.47. The zero-order valence-corrected chi connectivity index (χ0v) is 11.0. The number of hydrogen-bond acceptors (Lipinski definition) is 6. The van der Waals surface area contributed by atoms with E-state index in [-0.39, 0.29) is 23.9 Å². The molecule has 1 N–H and O–H groups in total. The van der Waals surface area contributed by atoms with Crippen LogP contribution in [-0.4, -0.2) is 32.7 Å². The number of nitro benzene ring substituents is 1. The minimum atomic E-state index is -3.47. The van der Waals surface area contributed by atoms with E-state index < -0.39 is 15.0 Å². The number of nitrogens with one attached hydrogen (secondary N) is 1. The monoisotopic (exact) mass is 294 g/mol. The highest BCUT2D eigenvalue weighted by molar-refractivity contribution is 7.85. The number of hydrogen-bond donors (Lipinski definition) is 1. The van der Waals surface area contributed by atoms with Crippen molar-refractivity contribution in [1.82, 2.24) is 0 Å². The lowest BCUT2D eigenvalue weighted by Gasteiger charge is -2.07. The fraction of sp³-hybridized carbons (Fsp3) is 0.333. The van der Waals surface area contributed by atoms with Crippen LogP contribution in [0.1, 0.15) is 0 Å². The van der Waals surface area contributed by atoms with Gasteiger partial charge in [-0.25, -0.2) is 0 Å². The molecule has 0 saturated carbocycles. The van der Waals surface area contributed by atoms with E-state index in [1.165, 1.54) is 18.2 Å². The van der Waals surface area contributed by atoms with Gasteiger partial charge in [0.15, 0.2) is 0 Å².